The average Bonchev–Trinajstić information content (AvgIpc) is 2.31. The van der Waals surface area contributed by atoms with E-state index in [2.05, 4.69) is 9.97 Å². The van der Waals surface area contributed by atoms with Gasteiger partial charge in [-0.05, 0) is 6.07 Å². The molecule has 0 unspecified atom stereocenters. The predicted octanol–water partition coefficient (Wildman–Crippen LogP) is 1.02. The third kappa shape index (κ3) is 2.90. The zero-order valence-corrected chi connectivity index (χ0v) is 8.94. The molecule has 80 valence electrons. The van der Waals surface area contributed by atoms with Crippen molar-refractivity contribution in [1.29, 1.82) is 0 Å². The fourth-order valence-electron chi connectivity index (χ4n) is 1.23. The predicted molar refractivity (Wildman–Crippen MR) is 55.7 cm³/mol. The Balaban J connectivity index is 1.91. The van der Waals surface area contributed by atoms with Crippen molar-refractivity contribution in [3.63, 3.8) is 0 Å². The maximum absolute atomic E-state index is 11.7. The molecule has 0 radical (unpaired) electrons. The van der Waals surface area contributed by atoms with E-state index < -0.39 is 0 Å². The molecule has 0 aromatic carbocycles. The molecule has 0 aliphatic carbocycles. The second kappa shape index (κ2) is 5.09. The van der Waals surface area contributed by atoms with Gasteiger partial charge in [0.2, 0.25) is 0 Å². The van der Waals surface area contributed by atoms with Crippen molar-refractivity contribution in [1.82, 2.24) is 14.9 Å². The van der Waals surface area contributed by atoms with E-state index in [4.69, 9.17) is 4.74 Å². The van der Waals surface area contributed by atoms with Crippen molar-refractivity contribution in [3.05, 3.63) is 18.5 Å². The summed E-state index contributed by atoms with van der Waals surface area (Å²) in [5.41, 5.74) is 0. The molecule has 2 rings (SSSR count). The van der Waals surface area contributed by atoms with Crippen molar-refractivity contribution in [3.8, 4) is 0 Å². The molecule has 1 saturated heterocycles. The topological polar surface area (TPSA) is 55.3 Å². The van der Waals surface area contributed by atoms with E-state index >= 15 is 0 Å². The Morgan fingerprint density at radius 3 is 2.67 bits per heavy atom. The molecule has 5 nitrogen and oxygen atoms in total. The smallest absolute Gasteiger partial charge is 0.289 e. The van der Waals surface area contributed by atoms with Crippen molar-refractivity contribution < 1.29 is 9.53 Å². The third-order valence-corrected chi connectivity index (χ3v) is 2.82. The van der Waals surface area contributed by atoms with E-state index in [9.17, 15) is 4.79 Å². The molecule has 15 heavy (non-hydrogen) atoms. The largest absolute Gasteiger partial charge is 0.378 e. The first-order valence-electron chi connectivity index (χ1n) is 4.68. The van der Waals surface area contributed by atoms with Gasteiger partial charge < -0.3 is 9.64 Å². The third-order valence-electron chi connectivity index (χ3n) is 1.99. The van der Waals surface area contributed by atoms with Gasteiger partial charge in [-0.25, -0.2) is 9.97 Å². The first-order chi connectivity index (χ1) is 7.36. The zero-order chi connectivity index (χ0) is 10.5. The minimum atomic E-state index is -0.00972. The van der Waals surface area contributed by atoms with Gasteiger partial charge in [0.1, 0.15) is 0 Å². The maximum atomic E-state index is 11.7. The molecule has 0 spiro atoms. The Morgan fingerprint density at radius 2 is 2.00 bits per heavy atom. The van der Waals surface area contributed by atoms with Gasteiger partial charge >= 0.3 is 0 Å². The molecule has 0 bridgehead atoms. The summed E-state index contributed by atoms with van der Waals surface area (Å²) in [5, 5.41) is 0.485. The quantitative estimate of drug-likeness (QED) is 0.527. The van der Waals surface area contributed by atoms with Crippen LogP contribution >= 0.6 is 11.8 Å². The van der Waals surface area contributed by atoms with Crippen LogP contribution in [0.1, 0.15) is 0 Å². The number of hydrogen-bond acceptors (Lipinski definition) is 5. The fraction of sp³-hybridized carbons (Fsp3) is 0.444. The lowest BCUT2D eigenvalue weighted by atomic mass is 10.5. The van der Waals surface area contributed by atoms with E-state index in [1.807, 2.05) is 0 Å². The number of nitrogens with zero attached hydrogens (tertiary/aromatic N) is 3. The van der Waals surface area contributed by atoms with Crippen molar-refractivity contribution in [2.45, 2.75) is 5.16 Å². The van der Waals surface area contributed by atoms with Gasteiger partial charge in [0, 0.05) is 37.2 Å². The van der Waals surface area contributed by atoms with E-state index in [0.29, 0.717) is 31.5 Å². The monoisotopic (exact) mass is 225 g/mol. The van der Waals surface area contributed by atoms with Crippen molar-refractivity contribution in [2.24, 2.45) is 0 Å². The number of morpholine rings is 1. The van der Waals surface area contributed by atoms with Gasteiger partial charge in [0.05, 0.1) is 13.2 Å². The molecule has 1 aromatic heterocycles. The van der Waals surface area contributed by atoms with Gasteiger partial charge in [-0.2, -0.15) is 0 Å². The molecular weight excluding hydrogens is 214 g/mol. The standard InChI is InChI=1S/C9H11N3O2S/c13-9(12-4-6-14-7-5-12)15-8-10-2-1-3-11-8/h1-3H,4-7H2. The normalized spacial score (nSPS) is 16.4. The molecule has 1 amide bonds. The number of carbonyl (C=O) groups excluding carboxylic acids is 1. The maximum Gasteiger partial charge on any atom is 0.289 e. The molecule has 1 aliphatic rings. The summed E-state index contributed by atoms with van der Waals surface area (Å²) >= 11 is 1.06. The lowest BCUT2D eigenvalue weighted by molar-refractivity contribution is 0.0593. The molecule has 1 fully saturated rings. The summed E-state index contributed by atoms with van der Waals surface area (Å²) in [5.74, 6) is 0. The Kier molecular flexibility index (Phi) is 3.52. The molecule has 2 heterocycles. The minimum Gasteiger partial charge on any atom is -0.378 e. The van der Waals surface area contributed by atoms with Crippen LogP contribution < -0.4 is 0 Å². The van der Waals surface area contributed by atoms with Crippen LogP contribution in [-0.2, 0) is 4.74 Å². The average molecular weight is 225 g/mol. The highest BCUT2D eigenvalue weighted by atomic mass is 32.2. The van der Waals surface area contributed by atoms with Crippen LogP contribution in [0.3, 0.4) is 0 Å². The summed E-state index contributed by atoms with van der Waals surface area (Å²) in [6.45, 7) is 2.53. The van der Waals surface area contributed by atoms with Crippen LogP contribution in [0.2, 0.25) is 0 Å². The second-order valence-corrected chi connectivity index (χ2v) is 3.92. The Hall–Kier alpha value is -1.14. The zero-order valence-electron chi connectivity index (χ0n) is 8.13. The van der Waals surface area contributed by atoms with E-state index in [1.165, 1.54) is 0 Å². The number of carbonyl (C=O) groups is 1. The number of hydrogen-bond donors (Lipinski definition) is 0. The van der Waals surface area contributed by atoms with Gasteiger partial charge in [-0.15, -0.1) is 0 Å². The number of ether oxygens (including phenoxy) is 1. The van der Waals surface area contributed by atoms with E-state index in [1.54, 1.807) is 23.4 Å². The van der Waals surface area contributed by atoms with Crippen molar-refractivity contribution >= 4 is 17.0 Å². The Morgan fingerprint density at radius 1 is 1.33 bits per heavy atom. The van der Waals surface area contributed by atoms with Crippen LogP contribution in [0.5, 0.6) is 0 Å². The number of thioether (sulfide) groups is 1. The van der Waals surface area contributed by atoms with E-state index in [0.717, 1.165) is 11.8 Å². The number of rotatable bonds is 1. The first-order valence-corrected chi connectivity index (χ1v) is 5.49. The van der Waals surface area contributed by atoms with Gasteiger partial charge in [0.15, 0.2) is 5.16 Å². The number of aromatic nitrogens is 2. The van der Waals surface area contributed by atoms with Crippen LogP contribution in [-0.4, -0.2) is 46.4 Å². The molecule has 0 saturated carbocycles. The van der Waals surface area contributed by atoms with Crippen LogP contribution in [0.4, 0.5) is 4.79 Å². The second-order valence-electron chi connectivity index (χ2n) is 3.00. The van der Waals surface area contributed by atoms with E-state index in [-0.39, 0.29) is 5.24 Å². The van der Waals surface area contributed by atoms with Crippen molar-refractivity contribution in [2.75, 3.05) is 26.3 Å². The van der Waals surface area contributed by atoms with Gasteiger partial charge in [-0.1, -0.05) is 0 Å². The summed E-state index contributed by atoms with van der Waals surface area (Å²) in [6, 6.07) is 1.73. The lowest BCUT2D eigenvalue weighted by Gasteiger charge is -2.25. The lowest BCUT2D eigenvalue weighted by Crippen LogP contribution is -2.38. The molecule has 0 atom stereocenters. The molecule has 0 N–H and O–H groups in total. The van der Waals surface area contributed by atoms with Crippen LogP contribution in [0, 0.1) is 0 Å². The van der Waals surface area contributed by atoms with Crippen LogP contribution in [0.15, 0.2) is 23.6 Å². The highest BCUT2D eigenvalue weighted by Crippen LogP contribution is 2.16. The summed E-state index contributed by atoms with van der Waals surface area (Å²) < 4.78 is 5.17. The van der Waals surface area contributed by atoms with Crippen LogP contribution in [0.25, 0.3) is 0 Å². The fourth-order valence-corrected chi connectivity index (χ4v) is 1.92. The Labute approximate surface area is 91.8 Å². The molecule has 6 heteroatoms. The molecule has 1 aromatic rings. The Bertz CT molecular complexity index is 327. The SMILES string of the molecule is O=C(Sc1ncccn1)N1CCOCC1. The molecule has 1 aliphatic heterocycles. The first kappa shape index (κ1) is 10.4. The number of amides is 1. The summed E-state index contributed by atoms with van der Waals surface area (Å²) in [7, 11) is 0. The highest BCUT2D eigenvalue weighted by Gasteiger charge is 2.18. The minimum absolute atomic E-state index is 0.00972. The molecular formula is C9H11N3O2S. The van der Waals surface area contributed by atoms with Gasteiger partial charge in [0.25, 0.3) is 5.24 Å². The van der Waals surface area contributed by atoms with Gasteiger partial charge in [-0.3, -0.25) is 4.79 Å². The summed E-state index contributed by atoms with van der Waals surface area (Å²) in [4.78, 5) is 21.4. The highest BCUT2D eigenvalue weighted by molar-refractivity contribution is 8.13. The summed E-state index contributed by atoms with van der Waals surface area (Å²) in [6.07, 6.45) is 3.25.